The molecular formula is C17H20F3NO2. The highest BCUT2D eigenvalue weighted by atomic mass is 19.4. The van der Waals surface area contributed by atoms with Gasteiger partial charge in [-0.25, -0.2) is 0 Å². The zero-order valence-corrected chi connectivity index (χ0v) is 13.2. The largest absolute Gasteiger partial charge is 0.464 e. The summed E-state index contributed by atoms with van der Waals surface area (Å²) in [5, 5.41) is 0.770. The van der Waals surface area contributed by atoms with Gasteiger partial charge in [0.1, 0.15) is 12.1 Å². The lowest BCUT2D eigenvalue weighted by Gasteiger charge is -2.23. The Kier molecular flexibility index (Phi) is 5.34. The molecule has 1 aromatic heterocycles. The molecule has 1 heterocycles. The minimum absolute atomic E-state index is 0.0874. The van der Waals surface area contributed by atoms with E-state index in [0.29, 0.717) is 17.6 Å². The summed E-state index contributed by atoms with van der Waals surface area (Å²) in [6, 6.07) is 5.56. The van der Waals surface area contributed by atoms with Crippen molar-refractivity contribution >= 4 is 16.9 Å². The molecule has 126 valence electrons. The monoisotopic (exact) mass is 327 g/mol. The van der Waals surface area contributed by atoms with Crippen LogP contribution >= 0.6 is 0 Å². The zero-order valence-electron chi connectivity index (χ0n) is 13.2. The van der Waals surface area contributed by atoms with Gasteiger partial charge in [0, 0.05) is 17.5 Å². The minimum Gasteiger partial charge on any atom is -0.464 e. The Morgan fingerprint density at radius 2 is 2.04 bits per heavy atom. The first-order valence-electron chi connectivity index (χ1n) is 7.61. The van der Waals surface area contributed by atoms with Crippen molar-refractivity contribution in [2.45, 2.75) is 39.3 Å². The molecule has 0 saturated carbocycles. The maximum atomic E-state index is 12.7. The van der Waals surface area contributed by atoms with Gasteiger partial charge in [0.15, 0.2) is 0 Å². The maximum Gasteiger partial charge on any atom is 0.406 e. The summed E-state index contributed by atoms with van der Waals surface area (Å²) in [5.74, 6) is -0.529. The number of hydrogen-bond acceptors (Lipinski definition) is 2. The molecule has 0 atom stereocenters. The predicted octanol–water partition coefficient (Wildman–Crippen LogP) is 4.47. The number of amides is 1. The molecule has 2 rings (SSSR count). The molecule has 0 fully saturated rings. The number of aryl methyl sites for hydroxylation is 1. The lowest BCUT2D eigenvalue weighted by atomic mass is 10.1. The van der Waals surface area contributed by atoms with Gasteiger partial charge in [-0.15, -0.1) is 0 Å². The van der Waals surface area contributed by atoms with Crippen LogP contribution in [0.15, 0.2) is 28.9 Å². The normalized spacial score (nSPS) is 11.9. The third-order valence-electron chi connectivity index (χ3n) is 3.66. The molecule has 0 spiro atoms. The minimum atomic E-state index is -4.39. The van der Waals surface area contributed by atoms with E-state index in [9.17, 15) is 18.0 Å². The zero-order chi connectivity index (χ0) is 17.0. The Hall–Kier alpha value is -1.98. The Balaban J connectivity index is 2.15. The van der Waals surface area contributed by atoms with Crippen LogP contribution in [0.3, 0.4) is 0 Å². The van der Waals surface area contributed by atoms with Gasteiger partial charge in [0.05, 0.1) is 12.7 Å². The van der Waals surface area contributed by atoms with Gasteiger partial charge in [-0.2, -0.15) is 13.2 Å². The highest BCUT2D eigenvalue weighted by molar-refractivity contribution is 5.88. The number of halogens is 3. The number of benzene rings is 1. The third kappa shape index (κ3) is 4.74. The average molecular weight is 327 g/mol. The highest BCUT2D eigenvalue weighted by Gasteiger charge is 2.32. The topological polar surface area (TPSA) is 33.5 Å². The van der Waals surface area contributed by atoms with E-state index in [2.05, 4.69) is 0 Å². The standard InChI is InChI=1S/C17H20F3NO2/c1-3-4-7-21(11-17(18,19)20)16(22)9-13-10-23-15-8-12(2)5-6-14(13)15/h5-6,8,10H,3-4,7,9,11H2,1-2H3. The van der Waals surface area contributed by atoms with Gasteiger partial charge in [-0.3, -0.25) is 4.79 Å². The number of furan rings is 1. The summed E-state index contributed by atoms with van der Waals surface area (Å²) >= 11 is 0. The van der Waals surface area contributed by atoms with Crippen LogP contribution in [-0.2, 0) is 11.2 Å². The van der Waals surface area contributed by atoms with E-state index in [1.807, 2.05) is 32.0 Å². The van der Waals surface area contributed by atoms with E-state index in [4.69, 9.17) is 4.42 Å². The van der Waals surface area contributed by atoms with E-state index in [1.54, 1.807) is 0 Å². The van der Waals surface area contributed by atoms with Crippen molar-refractivity contribution in [1.82, 2.24) is 4.90 Å². The molecular weight excluding hydrogens is 307 g/mol. The number of alkyl halides is 3. The Bertz CT molecular complexity index is 676. The van der Waals surface area contributed by atoms with Gasteiger partial charge in [-0.05, 0) is 25.0 Å². The molecule has 1 amide bonds. The SMILES string of the molecule is CCCCN(CC(F)(F)F)C(=O)Cc1coc2cc(C)ccc12. The van der Waals surface area contributed by atoms with Gasteiger partial charge in [0.25, 0.3) is 0 Å². The van der Waals surface area contributed by atoms with Crippen LogP contribution in [0.25, 0.3) is 11.0 Å². The number of nitrogens with zero attached hydrogens (tertiary/aromatic N) is 1. The summed E-state index contributed by atoms with van der Waals surface area (Å²) in [6.07, 6.45) is -1.74. The molecule has 23 heavy (non-hydrogen) atoms. The average Bonchev–Trinajstić information content (AvgIpc) is 2.84. The Morgan fingerprint density at radius 3 is 2.70 bits per heavy atom. The maximum absolute atomic E-state index is 12.7. The third-order valence-corrected chi connectivity index (χ3v) is 3.66. The Morgan fingerprint density at radius 1 is 1.30 bits per heavy atom. The predicted molar refractivity (Wildman–Crippen MR) is 82.2 cm³/mol. The molecule has 0 radical (unpaired) electrons. The van der Waals surface area contributed by atoms with Crippen molar-refractivity contribution in [2.24, 2.45) is 0 Å². The molecule has 2 aromatic rings. The number of rotatable bonds is 6. The molecule has 0 N–H and O–H groups in total. The smallest absolute Gasteiger partial charge is 0.406 e. The van der Waals surface area contributed by atoms with Crippen LogP contribution in [0.1, 0.15) is 30.9 Å². The van der Waals surface area contributed by atoms with Crippen LogP contribution in [0.4, 0.5) is 13.2 Å². The van der Waals surface area contributed by atoms with Crippen molar-refractivity contribution in [3.8, 4) is 0 Å². The quantitative estimate of drug-likeness (QED) is 0.784. The summed E-state index contributed by atoms with van der Waals surface area (Å²) in [7, 11) is 0. The van der Waals surface area contributed by atoms with Crippen LogP contribution in [0.5, 0.6) is 0 Å². The van der Waals surface area contributed by atoms with Gasteiger partial charge in [-0.1, -0.05) is 25.5 Å². The second-order valence-corrected chi connectivity index (χ2v) is 5.72. The first kappa shape index (κ1) is 17.4. The summed E-state index contributed by atoms with van der Waals surface area (Å²) in [4.78, 5) is 13.2. The van der Waals surface area contributed by atoms with Crippen molar-refractivity contribution in [2.75, 3.05) is 13.1 Å². The lowest BCUT2D eigenvalue weighted by molar-refractivity contribution is -0.160. The first-order valence-corrected chi connectivity index (χ1v) is 7.61. The van der Waals surface area contributed by atoms with Crippen molar-refractivity contribution in [1.29, 1.82) is 0 Å². The number of carbonyl (C=O) groups is 1. The number of fused-ring (bicyclic) bond motifs is 1. The fourth-order valence-corrected chi connectivity index (χ4v) is 2.46. The molecule has 1 aromatic carbocycles. The van der Waals surface area contributed by atoms with Crippen LogP contribution in [-0.4, -0.2) is 30.1 Å². The molecule has 0 saturated heterocycles. The lowest BCUT2D eigenvalue weighted by Crippen LogP contribution is -2.40. The molecule has 6 heteroatoms. The molecule has 0 aliphatic carbocycles. The summed E-state index contributed by atoms with van der Waals surface area (Å²) in [6.45, 7) is 2.70. The molecule has 3 nitrogen and oxygen atoms in total. The van der Waals surface area contributed by atoms with Gasteiger partial charge < -0.3 is 9.32 Å². The Labute approximate surface area is 133 Å². The van der Waals surface area contributed by atoms with E-state index >= 15 is 0 Å². The molecule has 0 bridgehead atoms. The number of unbranched alkanes of at least 4 members (excludes halogenated alkanes) is 1. The molecule has 0 unspecified atom stereocenters. The van der Waals surface area contributed by atoms with E-state index in [0.717, 1.165) is 22.3 Å². The summed E-state index contributed by atoms with van der Waals surface area (Å²) in [5.41, 5.74) is 2.28. The van der Waals surface area contributed by atoms with Crippen molar-refractivity contribution in [3.63, 3.8) is 0 Å². The van der Waals surface area contributed by atoms with Crippen LogP contribution in [0, 0.1) is 6.92 Å². The van der Waals surface area contributed by atoms with Gasteiger partial charge in [0.2, 0.25) is 5.91 Å². The van der Waals surface area contributed by atoms with Crippen LogP contribution < -0.4 is 0 Å². The van der Waals surface area contributed by atoms with Crippen molar-refractivity contribution < 1.29 is 22.4 Å². The second kappa shape index (κ2) is 7.06. The van der Waals surface area contributed by atoms with Crippen molar-refractivity contribution in [3.05, 3.63) is 35.6 Å². The van der Waals surface area contributed by atoms with E-state index < -0.39 is 18.6 Å². The van der Waals surface area contributed by atoms with E-state index in [-0.39, 0.29) is 13.0 Å². The van der Waals surface area contributed by atoms with Crippen LogP contribution in [0.2, 0.25) is 0 Å². The fraction of sp³-hybridized carbons (Fsp3) is 0.471. The molecule has 0 aliphatic rings. The fourth-order valence-electron chi connectivity index (χ4n) is 2.46. The molecule has 0 aliphatic heterocycles. The number of carbonyl (C=O) groups excluding carboxylic acids is 1. The highest BCUT2D eigenvalue weighted by Crippen LogP contribution is 2.24. The van der Waals surface area contributed by atoms with Gasteiger partial charge >= 0.3 is 6.18 Å². The number of hydrogen-bond donors (Lipinski definition) is 0. The first-order chi connectivity index (χ1) is 10.8. The van der Waals surface area contributed by atoms with E-state index in [1.165, 1.54) is 6.26 Å². The summed E-state index contributed by atoms with van der Waals surface area (Å²) < 4.78 is 43.4. The second-order valence-electron chi connectivity index (χ2n) is 5.72.